The smallest absolute Gasteiger partial charge is 0.294 e. The normalized spacial score (nSPS) is 11.4. The molecule has 0 unspecified atom stereocenters. The molecule has 1 aromatic carbocycles. The molecule has 0 spiro atoms. The van der Waals surface area contributed by atoms with Gasteiger partial charge in [0.2, 0.25) is 0 Å². The molecule has 5 nitrogen and oxygen atoms in total. The van der Waals surface area contributed by atoms with Gasteiger partial charge < -0.3 is 4.74 Å². The number of methoxy groups -OCH3 is 1. The molecule has 0 saturated heterocycles. The number of ether oxygens (including phenoxy) is 1. The predicted molar refractivity (Wildman–Crippen MR) is 49.6 cm³/mol. The minimum atomic E-state index is -4.20. The van der Waals surface area contributed by atoms with Crippen LogP contribution in [0.3, 0.4) is 0 Å². The number of nitrogens with one attached hydrogen (secondary N) is 1. The van der Waals surface area contributed by atoms with Crippen LogP contribution < -0.4 is 10.5 Å². The summed E-state index contributed by atoms with van der Waals surface area (Å²) in [6.07, 6.45) is 0. The van der Waals surface area contributed by atoms with Crippen molar-refractivity contribution >= 4 is 10.1 Å². The first-order chi connectivity index (χ1) is 6.49. The highest BCUT2D eigenvalue weighted by molar-refractivity contribution is 7.85. The van der Waals surface area contributed by atoms with Crippen molar-refractivity contribution in [3.05, 3.63) is 23.8 Å². The maximum absolute atomic E-state index is 10.8. The summed E-state index contributed by atoms with van der Waals surface area (Å²) in [5, 5.41) is 0. The third-order valence-electron chi connectivity index (χ3n) is 1.74. The molecule has 1 rings (SSSR count). The van der Waals surface area contributed by atoms with Crippen molar-refractivity contribution in [2.45, 2.75) is 11.4 Å². The largest absolute Gasteiger partial charge is 0.496 e. The molecule has 6 heteroatoms. The van der Waals surface area contributed by atoms with E-state index in [0.29, 0.717) is 11.3 Å². The van der Waals surface area contributed by atoms with Crippen molar-refractivity contribution in [3.8, 4) is 5.75 Å². The Balaban J connectivity index is 3.28. The molecule has 1 radical (unpaired) electrons. The van der Waals surface area contributed by atoms with E-state index in [0.717, 1.165) is 0 Å². The molecule has 14 heavy (non-hydrogen) atoms. The Morgan fingerprint density at radius 2 is 2.14 bits per heavy atom. The van der Waals surface area contributed by atoms with Crippen molar-refractivity contribution in [2.24, 2.45) is 0 Å². The fourth-order valence-corrected chi connectivity index (χ4v) is 1.58. The second kappa shape index (κ2) is 3.95. The third kappa shape index (κ3) is 2.22. The summed E-state index contributed by atoms with van der Waals surface area (Å²) in [5.74, 6) is 0.437. The van der Waals surface area contributed by atoms with Gasteiger partial charge >= 0.3 is 0 Å². The van der Waals surface area contributed by atoms with E-state index in [1.807, 2.05) is 0 Å². The van der Waals surface area contributed by atoms with Gasteiger partial charge in [-0.05, 0) is 18.2 Å². The van der Waals surface area contributed by atoms with Crippen LogP contribution in [0.25, 0.3) is 0 Å². The highest BCUT2D eigenvalue weighted by atomic mass is 32.2. The average molecular weight is 216 g/mol. The first kappa shape index (κ1) is 11.0. The average Bonchev–Trinajstić information content (AvgIpc) is 2.15. The molecule has 0 atom stereocenters. The van der Waals surface area contributed by atoms with E-state index in [-0.39, 0.29) is 11.4 Å². The van der Waals surface area contributed by atoms with E-state index >= 15 is 0 Å². The molecule has 0 bridgehead atoms. The van der Waals surface area contributed by atoms with Gasteiger partial charge in [-0.3, -0.25) is 10.3 Å². The van der Waals surface area contributed by atoms with Gasteiger partial charge in [-0.2, -0.15) is 8.42 Å². The zero-order valence-corrected chi connectivity index (χ0v) is 8.34. The van der Waals surface area contributed by atoms with Crippen LogP contribution in [-0.4, -0.2) is 20.1 Å². The summed E-state index contributed by atoms with van der Waals surface area (Å²) >= 11 is 0. The van der Waals surface area contributed by atoms with Gasteiger partial charge in [0.1, 0.15) is 5.75 Å². The van der Waals surface area contributed by atoms with Crippen molar-refractivity contribution in [3.63, 3.8) is 0 Å². The summed E-state index contributed by atoms with van der Waals surface area (Å²) in [7, 11) is -2.77. The Morgan fingerprint density at radius 1 is 1.50 bits per heavy atom. The van der Waals surface area contributed by atoms with Crippen LogP contribution in [-0.2, 0) is 16.7 Å². The quantitative estimate of drug-likeness (QED) is 0.754. The Morgan fingerprint density at radius 3 is 2.57 bits per heavy atom. The zero-order chi connectivity index (χ0) is 10.8. The summed E-state index contributed by atoms with van der Waals surface area (Å²) in [5.41, 5.74) is 7.55. The van der Waals surface area contributed by atoms with E-state index in [4.69, 9.17) is 15.0 Å². The molecule has 0 amide bonds. The Kier molecular flexibility index (Phi) is 3.10. The van der Waals surface area contributed by atoms with E-state index in [1.54, 1.807) is 0 Å². The van der Waals surface area contributed by atoms with E-state index in [9.17, 15) is 8.42 Å². The maximum atomic E-state index is 10.8. The molecule has 0 aliphatic carbocycles. The second-order valence-electron chi connectivity index (χ2n) is 2.63. The molecule has 0 aromatic heterocycles. The lowest BCUT2D eigenvalue weighted by atomic mass is 10.2. The van der Waals surface area contributed by atoms with Gasteiger partial charge in [-0.1, -0.05) is 0 Å². The van der Waals surface area contributed by atoms with Crippen LogP contribution in [0.1, 0.15) is 5.56 Å². The van der Waals surface area contributed by atoms with Crippen LogP contribution in [0, 0.1) is 0 Å². The fourth-order valence-electron chi connectivity index (χ4n) is 1.05. The molecule has 0 heterocycles. The first-order valence-corrected chi connectivity index (χ1v) is 5.22. The van der Waals surface area contributed by atoms with Gasteiger partial charge in [-0.15, -0.1) is 0 Å². The zero-order valence-electron chi connectivity index (χ0n) is 7.52. The lowest BCUT2D eigenvalue weighted by Gasteiger charge is -2.06. The Labute approximate surface area is 82.2 Å². The molecule has 0 aliphatic heterocycles. The van der Waals surface area contributed by atoms with Gasteiger partial charge in [0.05, 0.1) is 12.0 Å². The van der Waals surface area contributed by atoms with Gasteiger partial charge in [-0.25, -0.2) is 0 Å². The molecule has 77 valence electrons. The fraction of sp³-hybridized carbons (Fsp3) is 0.250. The van der Waals surface area contributed by atoms with Crippen LogP contribution in [0.15, 0.2) is 23.1 Å². The van der Waals surface area contributed by atoms with Crippen molar-refractivity contribution < 1.29 is 17.7 Å². The lowest BCUT2D eigenvalue weighted by molar-refractivity contribution is 0.409. The summed E-state index contributed by atoms with van der Waals surface area (Å²) < 4.78 is 35.2. The predicted octanol–water partition coefficient (Wildman–Crippen LogP) is 0.725. The van der Waals surface area contributed by atoms with Crippen LogP contribution in [0.5, 0.6) is 5.75 Å². The molecular formula is C8H10NO4S. The summed E-state index contributed by atoms with van der Waals surface area (Å²) in [4.78, 5) is -0.222. The highest BCUT2D eigenvalue weighted by Crippen LogP contribution is 2.21. The van der Waals surface area contributed by atoms with Gasteiger partial charge in [0.25, 0.3) is 10.1 Å². The van der Waals surface area contributed by atoms with Crippen molar-refractivity contribution in [2.75, 3.05) is 7.11 Å². The van der Waals surface area contributed by atoms with Crippen molar-refractivity contribution in [1.29, 1.82) is 0 Å². The van der Waals surface area contributed by atoms with E-state index < -0.39 is 10.1 Å². The number of hydrogen-bond acceptors (Lipinski definition) is 3. The molecule has 0 aliphatic rings. The number of hydrogen-bond donors (Lipinski definition) is 1. The van der Waals surface area contributed by atoms with Crippen LogP contribution in [0.4, 0.5) is 0 Å². The lowest BCUT2D eigenvalue weighted by Crippen LogP contribution is -2.01. The molecule has 2 N–H and O–H groups in total. The molecular weight excluding hydrogens is 206 g/mol. The Bertz CT molecular complexity index is 427. The number of benzene rings is 1. The van der Waals surface area contributed by atoms with E-state index in [1.165, 1.54) is 25.3 Å². The molecule has 0 fully saturated rings. The highest BCUT2D eigenvalue weighted by Gasteiger charge is 2.12. The Hall–Kier alpha value is -1.11. The first-order valence-electron chi connectivity index (χ1n) is 3.78. The molecule has 1 aromatic rings. The van der Waals surface area contributed by atoms with Crippen LogP contribution >= 0.6 is 0 Å². The third-order valence-corrected chi connectivity index (χ3v) is 2.59. The second-order valence-corrected chi connectivity index (χ2v) is 4.05. The monoisotopic (exact) mass is 216 g/mol. The number of rotatable bonds is 3. The van der Waals surface area contributed by atoms with E-state index in [2.05, 4.69) is 0 Å². The van der Waals surface area contributed by atoms with Crippen LogP contribution in [0.2, 0.25) is 0 Å². The molecule has 0 saturated carbocycles. The van der Waals surface area contributed by atoms with Gasteiger partial charge in [0, 0.05) is 12.1 Å². The standard InChI is InChI=1S/C8H10NO4S/c1-13-8-3-2-7(14(10,11)12)4-6(8)5-9/h2-4,9H,5H2,1H3,(H,10,11,12). The summed E-state index contributed by atoms with van der Waals surface area (Å²) in [6, 6.07) is 3.86. The minimum Gasteiger partial charge on any atom is -0.496 e. The SMILES string of the molecule is COc1ccc(S(=O)(=O)O)cc1C[NH]. The summed E-state index contributed by atoms with van der Waals surface area (Å²) in [6.45, 7) is -0.105. The topological polar surface area (TPSA) is 87.4 Å². The van der Waals surface area contributed by atoms with Gasteiger partial charge in [0.15, 0.2) is 0 Å². The maximum Gasteiger partial charge on any atom is 0.294 e. The van der Waals surface area contributed by atoms with Crippen molar-refractivity contribution in [1.82, 2.24) is 5.73 Å². The minimum absolute atomic E-state index is 0.105.